The van der Waals surface area contributed by atoms with Gasteiger partial charge in [-0.3, -0.25) is 4.79 Å². The van der Waals surface area contributed by atoms with Crippen LogP contribution in [0.4, 0.5) is 0 Å². The Hall–Kier alpha value is -0.610. The van der Waals surface area contributed by atoms with Crippen LogP contribution in [0, 0.1) is 5.92 Å². The zero-order valence-corrected chi connectivity index (χ0v) is 5.58. The molecule has 1 aliphatic rings. The molecule has 0 aromatic rings. The third kappa shape index (κ3) is 1.46. The Labute approximate surface area is 58.9 Å². The minimum atomic E-state index is -0.823. The zero-order chi connectivity index (χ0) is 7.56. The highest BCUT2D eigenvalue weighted by Gasteiger charge is 2.28. The fourth-order valence-electron chi connectivity index (χ4n) is 1.14. The van der Waals surface area contributed by atoms with Gasteiger partial charge in [0.2, 0.25) is 0 Å². The Morgan fingerprint density at radius 1 is 1.70 bits per heavy atom. The monoisotopic (exact) mass is 145 g/mol. The van der Waals surface area contributed by atoms with Gasteiger partial charge in [-0.2, -0.15) is 0 Å². The van der Waals surface area contributed by atoms with Gasteiger partial charge in [-0.1, -0.05) is 0 Å². The normalized spacial score (nSPS) is 32.5. The lowest BCUT2D eigenvalue weighted by Crippen LogP contribution is -2.29. The lowest BCUT2D eigenvalue weighted by atomic mass is 10.1. The summed E-state index contributed by atoms with van der Waals surface area (Å²) in [5.74, 6) is -0.697. The Morgan fingerprint density at radius 2 is 2.40 bits per heavy atom. The van der Waals surface area contributed by atoms with Gasteiger partial charge in [-0.05, 0) is 12.3 Å². The van der Waals surface area contributed by atoms with Crippen LogP contribution >= 0.6 is 0 Å². The number of carbonyl (C=O) groups is 1. The second-order valence-electron chi connectivity index (χ2n) is 2.58. The van der Waals surface area contributed by atoms with Gasteiger partial charge in [0, 0.05) is 13.2 Å². The predicted molar refractivity (Wildman–Crippen MR) is 34.6 cm³/mol. The minimum absolute atomic E-state index is 0.0801. The third-order valence-corrected chi connectivity index (χ3v) is 1.78. The van der Waals surface area contributed by atoms with Gasteiger partial charge in [0.1, 0.15) is 6.04 Å². The molecule has 1 aliphatic heterocycles. The van der Waals surface area contributed by atoms with Gasteiger partial charge >= 0.3 is 5.97 Å². The number of nitrogens with one attached hydrogen (secondary N) is 1. The number of carboxylic acids is 1. The fourth-order valence-corrected chi connectivity index (χ4v) is 1.14. The van der Waals surface area contributed by atoms with E-state index in [-0.39, 0.29) is 12.5 Å². The average molecular weight is 145 g/mol. The largest absolute Gasteiger partial charge is 0.480 e. The van der Waals surface area contributed by atoms with E-state index in [0.29, 0.717) is 13.0 Å². The SMILES string of the molecule is O=C(O)C1CC(CO)CN1. The number of aliphatic carboxylic acids is 1. The summed E-state index contributed by atoms with van der Waals surface area (Å²) in [6, 6.07) is -0.447. The van der Waals surface area contributed by atoms with Crippen LogP contribution in [-0.2, 0) is 4.79 Å². The molecule has 0 amide bonds. The Balaban J connectivity index is 2.35. The van der Waals surface area contributed by atoms with E-state index >= 15 is 0 Å². The first-order chi connectivity index (χ1) is 4.74. The van der Waals surface area contributed by atoms with E-state index < -0.39 is 12.0 Å². The molecule has 4 heteroatoms. The van der Waals surface area contributed by atoms with Crippen molar-refractivity contribution in [2.45, 2.75) is 12.5 Å². The fraction of sp³-hybridized carbons (Fsp3) is 0.833. The highest BCUT2D eigenvalue weighted by atomic mass is 16.4. The highest BCUT2D eigenvalue weighted by molar-refractivity contribution is 5.73. The molecule has 1 heterocycles. The number of aliphatic hydroxyl groups excluding tert-OH is 1. The Morgan fingerprint density at radius 3 is 2.70 bits per heavy atom. The van der Waals surface area contributed by atoms with Crippen LogP contribution in [0.1, 0.15) is 6.42 Å². The van der Waals surface area contributed by atoms with E-state index in [4.69, 9.17) is 10.2 Å². The molecular formula is C6H11NO3. The van der Waals surface area contributed by atoms with Crippen molar-refractivity contribution in [1.82, 2.24) is 5.32 Å². The molecule has 2 atom stereocenters. The van der Waals surface area contributed by atoms with E-state index in [1.807, 2.05) is 0 Å². The van der Waals surface area contributed by atoms with Crippen molar-refractivity contribution in [2.75, 3.05) is 13.2 Å². The summed E-state index contributed by atoms with van der Waals surface area (Å²) in [5, 5.41) is 19.9. The van der Waals surface area contributed by atoms with Crippen molar-refractivity contribution in [2.24, 2.45) is 5.92 Å². The van der Waals surface area contributed by atoms with Crippen molar-refractivity contribution in [3.8, 4) is 0 Å². The van der Waals surface area contributed by atoms with Crippen LogP contribution in [0.15, 0.2) is 0 Å². The van der Waals surface area contributed by atoms with Gasteiger partial charge in [-0.15, -0.1) is 0 Å². The molecule has 1 saturated heterocycles. The standard InChI is InChI=1S/C6H11NO3/c8-3-4-1-5(6(9)10)7-2-4/h4-5,7-8H,1-3H2,(H,9,10). The number of rotatable bonds is 2. The molecule has 4 nitrogen and oxygen atoms in total. The summed E-state index contributed by atoms with van der Waals surface area (Å²) < 4.78 is 0. The summed E-state index contributed by atoms with van der Waals surface area (Å²) in [6.07, 6.45) is 0.547. The van der Waals surface area contributed by atoms with Gasteiger partial charge < -0.3 is 15.5 Å². The number of hydrogen-bond donors (Lipinski definition) is 3. The van der Waals surface area contributed by atoms with Crippen LogP contribution in [-0.4, -0.2) is 35.4 Å². The zero-order valence-electron chi connectivity index (χ0n) is 5.58. The van der Waals surface area contributed by atoms with Crippen molar-refractivity contribution < 1.29 is 15.0 Å². The summed E-state index contributed by atoms with van der Waals surface area (Å²) in [5.41, 5.74) is 0. The second kappa shape index (κ2) is 2.98. The van der Waals surface area contributed by atoms with Crippen molar-refractivity contribution in [3.63, 3.8) is 0 Å². The van der Waals surface area contributed by atoms with E-state index in [9.17, 15) is 4.79 Å². The van der Waals surface area contributed by atoms with E-state index in [0.717, 1.165) is 0 Å². The van der Waals surface area contributed by atoms with Crippen LogP contribution in [0.25, 0.3) is 0 Å². The molecule has 0 aromatic heterocycles. The maximum Gasteiger partial charge on any atom is 0.320 e. The molecule has 1 fully saturated rings. The molecule has 0 radical (unpaired) electrons. The topological polar surface area (TPSA) is 69.6 Å². The smallest absolute Gasteiger partial charge is 0.320 e. The molecule has 10 heavy (non-hydrogen) atoms. The van der Waals surface area contributed by atoms with Gasteiger partial charge in [0.25, 0.3) is 0 Å². The summed E-state index contributed by atoms with van der Waals surface area (Å²) in [7, 11) is 0. The molecule has 0 aromatic carbocycles. The van der Waals surface area contributed by atoms with Crippen LogP contribution in [0.5, 0.6) is 0 Å². The Bertz CT molecular complexity index is 137. The minimum Gasteiger partial charge on any atom is -0.480 e. The van der Waals surface area contributed by atoms with Gasteiger partial charge in [0.05, 0.1) is 0 Å². The van der Waals surface area contributed by atoms with Crippen molar-refractivity contribution >= 4 is 5.97 Å². The lowest BCUT2D eigenvalue weighted by Gasteiger charge is -2.01. The molecule has 3 N–H and O–H groups in total. The average Bonchev–Trinajstić information content (AvgIpc) is 2.34. The summed E-state index contributed by atoms with van der Waals surface area (Å²) >= 11 is 0. The van der Waals surface area contributed by atoms with Crippen LogP contribution in [0.3, 0.4) is 0 Å². The van der Waals surface area contributed by atoms with E-state index in [2.05, 4.69) is 5.32 Å². The van der Waals surface area contributed by atoms with Crippen molar-refractivity contribution in [3.05, 3.63) is 0 Å². The maximum atomic E-state index is 10.3. The van der Waals surface area contributed by atoms with Gasteiger partial charge in [-0.25, -0.2) is 0 Å². The first kappa shape index (κ1) is 7.50. The molecule has 1 rings (SSSR count). The van der Waals surface area contributed by atoms with E-state index in [1.165, 1.54) is 0 Å². The molecule has 0 bridgehead atoms. The Kier molecular flexibility index (Phi) is 2.24. The van der Waals surface area contributed by atoms with Crippen LogP contribution < -0.4 is 5.32 Å². The lowest BCUT2D eigenvalue weighted by molar-refractivity contribution is -0.139. The van der Waals surface area contributed by atoms with Crippen molar-refractivity contribution in [1.29, 1.82) is 0 Å². The summed E-state index contributed by atoms with van der Waals surface area (Å²) in [6.45, 7) is 0.699. The molecule has 0 spiro atoms. The predicted octanol–water partition coefficient (Wildman–Crippen LogP) is -0.959. The molecule has 2 unspecified atom stereocenters. The first-order valence-electron chi connectivity index (χ1n) is 3.31. The second-order valence-corrected chi connectivity index (χ2v) is 2.58. The third-order valence-electron chi connectivity index (χ3n) is 1.78. The van der Waals surface area contributed by atoms with Crippen LogP contribution in [0.2, 0.25) is 0 Å². The number of hydrogen-bond acceptors (Lipinski definition) is 3. The first-order valence-corrected chi connectivity index (χ1v) is 3.31. The van der Waals surface area contributed by atoms with E-state index in [1.54, 1.807) is 0 Å². The molecular weight excluding hydrogens is 134 g/mol. The molecule has 0 saturated carbocycles. The van der Waals surface area contributed by atoms with Gasteiger partial charge in [0.15, 0.2) is 0 Å². The maximum absolute atomic E-state index is 10.3. The molecule has 58 valence electrons. The molecule has 0 aliphatic carbocycles. The highest BCUT2D eigenvalue weighted by Crippen LogP contribution is 2.12. The number of aliphatic hydroxyl groups is 1. The quantitative estimate of drug-likeness (QED) is 0.468. The number of carboxylic acid groups (broad SMARTS) is 1. The summed E-state index contributed by atoms with van der Waals surface area (Å²) in [4.78, 5) is 10.3.